The van der Waals surface area contributed by atoms with Crippen LogP contribution in [0.5, 0.6) is 0 Å². The summed E-state index contributed by atoms with van der Waals surface area (Å²) in [5.74, 6) is 1.78. The van der Waals surface area contributed by atoms with E-state index in [4.69, 9.17) is 4.74 Å². The van der Waals surface area contributed by atoms with Crippen LogP contribution >= 0.6 is 0 Å². The molecule has 0 saturated carbocycles. The van der Waals surface area contributed by atoms with Crippen LogP contribution in [-0.4, -0.2) is 49.8 Å². The number of rotatable bonds is 3. The van der Waals surface area contributed by atoms with E-state index in [9.17, 15) is 0 Å². The molecular weight excluding hydrogens is 212 g/mol. The van der Waals surface area contributed by atoms with Crippen LogP contribution in [0.15, 0.2) is 0 Å². The van der Waals surface area contributed by atoms with Crippen LogP contribution in [0.3, 0.4) is 0 Å². The monoisotopic (exact) mass is 240 g/mol. The second-order valence-electron chi connectivity index (χ2n) is 5.97. The van der Waals surface area contributed by atoms with Crippen molar-refractivity contribution in [3.8, 4) is 0 Å². The standard InChI is InChI=1S/C14H28N2O/c1-11(2)13-4-7-16(8-5-13)12(3)14-10-15-6-9-17-14/h11-15H,4-10H2,1-3H3. The zero-order chi connectivity index (χ0) is 12.3. The minimum absolute atomic E-state index is 0.388. The predicted molar refractivity (Wildman–Crippen MR) is 71.2 cm³/mol. The Balaban J connectivity index is 1.79. The average Bonchev–Trinajstić information content (AvgIpc) is 2.39. The third-order valence-electron chi connectivity index (χ3n) is 4.59. The van der Waals surface area contributed by atoms with Crippen LogP contribution in [0.1, 0.15) is 33.6 Å². The van der Waals surface area contributed by atoms with E-state index in [1.165, 1.54) is 25.9 Å². The van der Waals surface area contributed by atoms with Crippen molar-refractivity contribution in [3.63, 3.8) is 0 Å². The first-order valence-corrected chi connectivity index (χ1v) is 7.25. The van der Waals surface area contributed by atoms with Crippen molar-refractivity contribution in [2.24, 2.45) is 11.8 Å². The Kier molecular flexibility index (Phi) is 4.83. The summed E-state index contributed by atoms with van der Waals surface area (Å²) in [6, 6.07) is 0.566. The zero-order valence-electron chi connectivity index (χ0n) is 11.6. The van der Waals surface area contributed by atoms with E-state index in [1.807, 2.05) is 0 Å². The molecule has 3 heteroatoms. The van der Waals surface area contributed by atoms with E-state index < -0.39 is 0 Å². The first-order chi connectivity index (χ1) is 8.18. The van der Waals surface area contributed by atoms with Gasteiger partial charge in [-0.05, 0) is 44.7 Å². The number of hydrogen-bond donors (Lipinski definition) is 1. The van der Waals surface area contributed by atoms with Gasteiger partial charge in [-0.1, -0.05) is 13.8 Å². The molecule has 2 atom stereocenters. The van der Waals surface area contributed by atoms with Gasteiger partial charge in [-0.3, -0.25) is 4.90 Å². The summed E-state index contributed by atoms with van der Waals surface area (Å²) < 4.78 is 5.86. The van der Waals surface area contributed by atoms with Crippen LogP contribution in [0, 0.1) is 11.8 Å². The molecule has 100 valence electrons. The fourth-order valence-electron chi connectivity index (χ4n) is 3.12. The quantitative estimate of drug-likeness (QED) is 0.813. The highest BCUT2D eigenvalue weighted by molar-refractivity contribution is 4.84. The topological polar surface area (TPSA) is 24.5 Å². The maximum Gasteiger partial charge on any atom is 0.0852 e. The van der Waals surface area contributed by atoms with Crippen LogP contribution in [0.2, 0.25) is 0 Å². The van der Waals surface area contributed by atoms with E-state index in [2.05, 4.69) is 31.0 Å². The molecule has 0 radical (unpaired) electrons. The fraction of sp³-hybridized carbons (Fsp3) is 1.00. The Hall–Kier alpha value is -0.120. The summed E-state index contributed by atoms with van der Waals surface area (Å²) in [4.78, 5) is 2.62. The van der Waals surface area contributed by atoms with E-state index in [-0.39, 0.29) is 0 Å². The molecule has 2 heterocycles. The van der Waals surface area contributed by atoms with E-state index in [0.717, 1.165) is 31.5 Å². The lowest BCUT2D eigenvalue weighted by Gasteiger charge is -2.41. The molecule has 0 spiro atoms. The molecule has 2 rings (SSSR count). The fourth-order valence-corrected chi connectivity index (χ4v) is 3.12. The lowest BCUT2D eigenvalue weighted by molar-refractivity contribution is -0.0351. The van der Waals surface area contributed by atoms with Crippen LogP contribution < -0.4 is 5.32 Å². The number of morpholine rings is 1. The summed E-state index contributed by atoms with van der Waals surface area (Å²) in [5, 5.41) is 3.43. The summed E-state index contributed by atoms with van der Waals surface area (Å²) in [7, 11) is 0. The smallest absolute Gasteiger partial charge is 0.0852 e. The number of ether oxygens (including phenoxy) is 1. The molecule has 2 aliphatic heterocycles. The highest BCUT2D eigenvalue weighted by atomic mass is 16.5. The Bertz CT molecular complexity index is 218. The molecule has 2 saturated heterocycles. The van der Waals surface area contributed by atoms with Crippen LogP contribution in [0.4, 0.5) is 0 Å². The van der Waals surface area contributed by atoms with Crippen molar-refractivity contribution in [3.05, 3.63) is 0 Å². The summed E-state index contributed by atoms with van der Waals surface area (Å²) >= 11 is 0. The van der Waals surface area contributed by atoms with Gasteiger partial charge in [0.2, 0.25) is 0 Å². The lowest BCUT2D eigenvalue weighted by atomic mass is 9.86. The van der Waals surface area contributed by atoms with Crippen LogP contribution in [0.25, 0.3) is 0 Å². The van der Waals surface area contributed by atoms with Crippen molar-refractivity contribution in [1.29, 1.82) is 0 Å². The minimum Gasteiger partial charge on any atom is -0.374 e. The normalized spacial score (nSPS) is 30.7. The van der Waals surface area contributed by atoms with Gasteiger partial charge in [0.1, 0.15) is 0 Å². The largest absolute Gasteiger partial charge is 0.374 e. The molecule has 2 fully saturated rings. The van der Waals surface area contributed by atoms with Gasteiger partial charge >= 0.3 is 0 Å². The molecule has 3 nitrogen and oxygen atoms in total. The van der Waals surface area contributed by atoms with Gasteiger partial charge in [0.05, 0.1) is 12.7 Å². The number of hydrogen-bond acceptors (Lipinski definition) is 3. The van der Waals surface area contributed by atoms with E-state index in [0.29, 0.717) is 12.1 Å². The molecule has 0 bridgehead atoms. The van der Waals surface area contributed by atoms with Crippen LogP contribution in [-0.2, 0) is 4.74 Å². The summed E-state index contributed by atoms with van der Waals surface area (Å²) in [6.07, 6.45) is 3.11. The van der Waals surface area contributed by atoms with Crippen molar-refractivity contribution in [2.45, 2.75) is 45.8 Å². The third kappa shape index (κ3) is 3.43. The van der Waals surface area contributed by atoms with E-state index >= 15 is 0 Å². The molecule has 0 amide bonds. The number of likely N-dealkylation sites (tertiary alicyclic amines) is 1. The SMILES string of the molecule is CC(C)C1CCN(C(C)C2CNCCO2)CC1. The molecule has 17 heavy (non-hydrogen) atoms. The minimum atomic E-state index is 0.388. The Morgan fingerprint density at radius 2 is 1.88 bits per heavy atom. The maximum atomic E-state index is 5.86. The van der Waals surface area contributed by atoms with Gasteiger partial charge in [-0.2, -0.15) is 0 Å². The highest BCUT2D eigenvalue weighted by Crippen LogP contribution is 2.26. The predicted octanol–water partition coefficient (Wildman–Crippen LogP) is 1.73. The molecule has 2 unspecified atom stereocenters. The molecule has 2 aliphatic rings. The van der Waals surface area contributed by atoms with Gasteiger partial charge in [0.25, 0.3) is 0 Å². The third-order valence-corrected chi connectivity index (χ3v) is 4.59. The molecule has 0 aromatic heterocycles. The van der Waals surface area contributed by atoms with Gasteiger partial charge in [-0.15, -0.1) is 0 Å². The molecule has 0 aromatic carbocycles. The lowest BCUT2D eigenvalue weighted by Crippen LogP contribution is -2.53. The van der Waals surface area contributed by atoms with Gasteiger partial charge in [-0.25, -0.2) is 0 Å². The Labute approximate surface area is 106 Å². The van der Waals surface area contributed by atoms with E-state index in [1.54, 1.807) is 0 Å². The van der Waals surface area contributed by atoms with Gasteiger partial charge < -0.3 is 10.1 Å². The summed E-state index contributed by atoms with van der Waals surface area (Å²) in [6.45, 7) is 12.5. The molecule has 1 N–H and O–H groups in total. The van der Waals surface area contributed by atoms with Crippen molar-refractivity contribution in [1.82, 2.24) is 10.2 Å². The van der Waals surface area contributed by atoms with Gasteiger partial charge in [0, 0.05) is 19.1 Å². The number of nitrogens with zero attached hydrogens (tertiary/aromatic N) is 1. The Morgan fingerprint density at radius 3 is 2.41 bits per heavy atom. The molecule has 0 aliphatic carbocycles. The molecular formula is C14H28N2O. The number of nitrogens with one attached hydrogen (secondary N) is 1. The van der Waals surface area contributed by atoms with Crippen molar-refractivity contribution >= 4 is 0 Å². The van der Waals surface area contributed by atoms with Gasteiger partial charge in [0.15, 0.2) is 0 Å². The molecule has 0 aromatic rings. The first kappa shape index (κ1) is 13.3. The Morgan fingerprint density at radius 1 is 1.18 bits per heavy atom. The average molecular weight is 240 g/mol. The number of piperidine rings is 1. The second-order valence-corrected chi connectivity index (χ2v) is 5.97. The van der Waals surface area contributed by atoms with Crippen molar-refractivity contribution < 1.29 is 4.74 Å². The first-order valence-electron chi connectivity index (χ1n) is 7.25. The second kappa shape index (κ2) is 6.17. The maximum absolute atomic E-state index is 5.86. The summed E-state index contributed by atoms with van der Waals surface area (Å²) in [5.41, 5.74) is 0. The van der Waals surface area contributed by atoms with Crippen molar-refractivity contribution in [2.75, 3.05) is 32.8 Å². The zero-order valence-corrected chi connectivity index (χ0v) is 11.6. The highest BCUT2D eigenvalue weighted by Gasteiger charge is 2.29.